The van der Waals surface area contributed by atoms with E-state index in [1.807, 2.05) is 0 Å². The van der Waals surface area contributed by atoms with Gasteiger partial charge in [-0.05, 0) is 25.2 Å². The van der Waals surface area contributed by atoms with Crippen LogP contribution >= 0.6 is 0 Å². The number of nitrogens with two attached hydrogens (primary N) is 1. The third-order valence-corrected chi connectivity index (χ3v) is 2.76. The van der Waals surface area contributed by atoms with E-state index in [1.54, 1.807) is 0 Å². The molecule has 0 spiro atoms. The third kappa shape index (κ3) is 2.23. The van der Waals surface area contributed by atoms with Crippen LogP contribution in [0.3, 0.4) is 0 Å². The van der Waals surface area contributed by atoms with E-state index in [4.69, 9.17) is 5.73 Å². The van der Waals surface area contributed by atoms with Crippen molar-refractivity contribution in [2.24, 2.45) is 22.6 Å². The van der Waals surface area contributed by atoms with Crippen LogP contribution < -0.4 is 5.73 Å². The van der Waals surface area contributed by atoms with Crippen LogP contribution in [0.2, 0.25) is 0 Å². The van der Waals surface area contributed by atoms with Crippen LogP contribution in [0.1, 0.15) is 39.5 Å². The topological polar surface area (TPSA) is 38.4 Å². The van der Waals surface area contributed by atoms with E-state index in [0.29, 0.717) is 5.92 Å². The van der Waals surface area contributed by atoms with Gasteiger partial charge in [0.2, 0.25) is 0 Å². The molecule has 0 radical (unpaired) electrons. The van der Waals surface area contributed by atoms with E-state index in [-0.39, 0.29) is 0 Å². The van der Waals surface area contributed by atoms with Crippen molar-refractivity contribution < 1.29 is 0 Å². The first-order valence-electron chi connectivity index (χ1n) is 5.05. The van der Waals surface area contributed by atoms with Gasteiger partial charge in [-0.25, -0.2) is 0 Å². The van der Waals surface area contributed by atoms with Gasteiger partial charge in [-0.1, -0.05) is 20.3 Å². The minimum atomic E-state index is 0.580. The summed E-state index contributed by atoms with van der Waals surface area (Å²) in [7, 11) is 0. The number of nitrogens with zero attached hydrogens (tertiary/aromatic N) is 1. The normalized spacial score (nSPS) is 31.0. The van der Waals surface area contributed by atoms with Crippen molar-refractivity contribution in [2.75, 3.05) is 6.54 Å². The largest absolute Gasteiger partial charge is 0.387 e. The molecule has 12 heavy (non-hydrogen) atoms. The van der Waals surface area contributed by atoms with Gasteiger partial charge in [0.1, 0.15) is 0 Å². The second kappa shape index (κ2) is 4.48. The van der Waals surface area contributed by atoms with Gasteiger partial charge in [-0.2, -0.15) is 0 Å². The number of hydrogen-bond acceptors (Lipinski definition) is 1. The Hall–Kier alpha value is -0.530. The standard InChI is InChI=1S/C10H20N2/c1-3-7-12-10(11)9-6-4-5-8(9)2/h8-9H,3-7H2,1-2H3,(H2,11,12). The third-order valence-electron chi connectivity index (χ3n) is 2.76. The summed E-state index contributed by atoms with van der Waals surface area (Å²) >= 11 is 0. The van der Waals surface area contributed by atoms with E-state index in [0.717, 1.165) is 24.7 Å². The monoisotopic (exact) mass is 168 g/mol. The SMILES string of the molecule is CCCN=C(N)C1CCCC1C. The minimum absolute atomic E-state index is 0.580. The van der Waals surface area contributed by atoms with Crippen LogP contribution in [0.4, 0.5) is 0 Å². The van der Waals surface area contributed by atoms with Crippen molar-refractivity contribution in [1.82, 2.24) is 0 Å². The average Bonchev–Trinajstić information content (AvgIpc) is 2.47. The van der Waals surface area contributed by atoms with Gasteiger partial charge in [0, 0.05) is 12.5 Å². The van der Waals surface area contributed by atoms with Gasteiger partial charge in [-0.15, -0.1) is 0 Å². The lowest BCUT2D eigenvalue weighted by Gasteiger charge is -2.14. The Morgan fingerprint density at radius 1 is 1.50 bits per heavy atom. The van der Waals surface area contributed by atoms with Crippen molar-refractivity contribution >= 4 is 5.84 Å². The second-order valence-corrected chi connectivity index (χ2v) is 3.82. The summed E-state index contributed by atoms with van der Waals surface area (Å²) in [6.07, 6.45) is 5.00. The molecule has 2 N–H and O–H groups in total. The van der Waals surface area contributed by atoms with E-state index in [2.05, 4.69) is 18.8 Å². The van der Waals surface area contributed by atoms with E-state index in [1.165, 1.54) is 19.3 Å². The minimum Gasteiger partial charge on any atom is -0.387 e. The maximum atomic E-state index is 5.91. The molecule has 0 aromatic carbocycles. The van der Waals surface area contributed by atoms with Gasteiger partial charge in [0.25, 0.3) is 0 Å². The van der Waals surface area contributed by atoms with Gasteiger partial charge in [-0.3, -0.25) is 4.99 Å². The van der Waals surface area contributed by atoms with Crippen molar-refractivity contribution in [2.45, 2.75) is 39.5 Å². The molecule has 2 heteroatoms. The Kier molecular flexibility index (Phi) is 3.57. The molecule has 1 aliphatic rings. The summed E-state index contributed by atoms with van der Waals surface area (Å²) in [4.78, 5) is 4.37. The Labute approximate surface area is 75.3 Å². The van der Waals surface area contributed by atoms with Crippen molar-refractivity contribution in [3.8, 4) is 0 Å². The molecular weight excluding hydrogens is 148 g/mol. The summed E-state index contributed by atoms with van der Waals surface area (Å²) in [5, 5.41) is 0. The van der Waals surface area contributed by atoms with Crippen molar-refractivity contribution in [1.29, 1.82) is 0 Å². The Morgan fingerprint density at radius 2 is 2.25 bits per heavy atom. The van der Waals surface area contributed by atoms with E-state index in [9.17, 15) is 0 Å². The highest BCUT2D eigenvalue weighted by Crippen LogP contribution is 2.31. The molecule has 0 heterocycles. The molecule has 2 unspecified atom stereocenters. The van der Waals surface area contributed by atoms with E-state index >= 15 is 0 Å². The predicted octanol–water partition coefficient (Wildman–Crippen LogP) is 2.19. The molecule has 0 aromatic heterocycles. The first kappa shape index (κ1) is 9.56. The lowest BCUT2D eigenvalue weighted by molar-refractivity contribution is 0.525. The molecule has 2 atom stereocenters. The molecular formula is C10H20N2. The molecule has 0 saturated heterocycles. The molecule has 0 aromatic rings. The maximum Gasteiger partial charge on any atom is 0.0971 e. The Morgan fingerprint density at radius 3 is 2.75 bits per heavy atom. The van der Waals surface area contributed by atoms with Crippen molar-refractivity contribution in [3.05, 3.63) is 0 Å². The van der Waals surface area contributed by atoms with Gasteiger partial charge in [0.15, 0.2) is 0 Å². The summed E-state index contributed by atoms with van der Waals surface area (Å²) in [6.45, 7) is 5.32. The number of rotatable bonds is 3. The second-order valence-electron chi connectivity index (χ2n) is 3.82. The number of amidine groups is 1. The Balaban J connectivity index is 2.45. The lowest BCUT2D eigenvalue weighted by atomic mass is 9.97. The molecule has 1 fully saturated rings. The molecule has 2 nitrogen and oxygen atoms in total. The smallest absolute Gasteiger partial charge is 0.0971 e. The fraction of sp³-hybridized carbons (Fsp3) is 0.900. The zero-order valence-corrected chi connectivity index (χ0v) is 8.21. The van der Waals surface area contributed by atoms with Crippen LogP contribution in [0, 0.1) is 11.8 Å². The fourth-order valence-electron chi connectivity index (χ4n) is 1.94. The Bertz CT molecular complexity index is 163. The molecule has 1 rings (SSSR count). The highest BCUT2D eigenvalue weighted by Gasteiger charge is 2.25. The van der Waals surface area contributed by atoms with Gasteiger partial charge < -0.3 is 5.73 Å². The predicted molar refractivity (Wildman–Crippen MR) is 53.3 cm³/mol. The van der Waals surface area contributed by atoms with Crippen molar-refractivity contribution in [3.63, 3.8) is 0 Å². The number of aliphatic imine (C=N–C) groups is 1. The highest BCUT2D eigenvalue weighted by molar-refractivity contribution is 5.83. The van der Waals surface area contributed by atoms with Crippen LogP contribution in [0.25, 0.3) is 0 Å². The first-order chi connectivity index (χ1) is 5.75. The lowest BCUT2D eigenvalue weighted by Crippen LogP contribution is -2.25. The maximum absolute atomic E-state index is 5.91. The summed E-state index contributed by atoms with van der Waals surface area (Å²) in [5.74, 6) is 2.24. The van der Waals surface area contributed by atoms with Crippen LogP contribution in [0.5, 0.6) is 0 Å². The summed E-state index contributed by atoms with van der Waals surface area (Å²) in [6, 6.07) is 0. The molecule has 0 aliphatic heterocycles. The molecule has 1 saturated carbocycles. The van der Waals surface area contributed by atoms with Crippen LogP contribution in [0.15, 0.2) is 4.99 Å². The molecule has 0 bridgehead atoms. The molecule has 1 aliphatic carbocycles. The first-order valence-corrected chi connectivity index (χ1v) is 5.05. The quantitative estimate of drug-likeness (QED) is 0.509. The van der Waals surface area contributed by atoms with Gasteiger partial charge in [0.05, 0.1) is 5.84 Å². The summed E-state index contributed by atoms with van der Waals surface area (Å²) in [5.41, 5.74) is 5.91. The molecule has 70 valence electrons. The van der Waals surface area contributed by atoms with Crippen LogP contribution in [-0.4, -0.2) is 12.4 Å². The average molecular weight is 168 g/mol. The summed E-state index contributed by atoms with van der Waals surface area (Å²) < 4.78 is 0. The van der Waals surface area contributed by atoms with Gasteiger partial charge >= 0.3 is 0 Å². The van der Waals surface area contributed by atoms with Crippen LogP contribution in [-0.2, 0) is 0 Å². The zero-order valence-electron chi connectivity index (χ0n) is 8.21. The number of hydrogen-bond donors (Lipinski definition) is 1. The molecule has 0 amide bonds. The van der Waals surface area contributed by atoms with E-state index < -0.39 is 0 Å². The zero-order chi connectivity index (χ0) is 8.97. The fourth-order valence-corrected chi connectivity index (χ4v) is 1.94. The highest BCUT2D eigenvalue weighted by atomic mass is 14.9.